The van der Waals surface area contributed by atoms with E-state index in [1.807, 2.05) is 24.7 Å². The fourth-order valence-corrected chi connectivity index (χ4v) is 4.55. The summed E-state index contributed by atoms with van der Waals surface area (Å²) >= 11 is 0. The molecule has 0 unspecified atom stereocenters. The first-order chi connectivity index (χ1) is 10.6. The molecular weight excluding hydrogens is 298 g/mol. The predicted molar refractivity (Wildman–Crippen MR) is 84.7 cm³/mol. The van der Waals surface area contributed by atoms with E-state index in [2.05, 4.69) is 26.7 Å². The van der Waals surface area contributed by atoms with Crippen molar-refractivity contribution in [3.8, 4) is 0 Å². The molecule has 2 aromatic heterocycles. The topological polar surface area (TPSA) is 65.6 Å². The third-order valence-electron chi connectivity index (χ3n) is 4.49. The van der Waals surface area contributed by atoms with E-state index >= 15 is 0 Å². The van der Waals surface area contributed by atoms with E-state index in [1.54, 1.807) is 6.20 Å². The molecule has 3 atom stereocenters. The molecule has 0 bridgehead atoms. The average molecular weight is 321 g/mol. The van der Waals surface area contributed by atoms with Crippen LogP contribution in [0.25, 0.3) is 0 Å². The molecule has 1 saturated carbocycles. The lowest BCUT2D eigenvalue weighted by Gasteiger charge is -2.29. The lowest BCUT2D eigenvalue weighted by molar-refractivity contribution is 0.267. The molecule has 1 fully saturated rings. The van der Waals surface area contributed by atoms with Crippen LogP contribution in [-0.4, -0.2) is 28.5 Å². The van der Waals surface area contributed by atoms with Gasteiger partial charge in [0.25, 0.3) is 0 Å². The van der Waals surface area contributed by atoms with E-state index in [9.17, 15) is 4.21 Å². The maximum atomic E-state index is 12.8. The van der Waals surface area contributed by atoms with Crippen molar-refractivity contribution in [1.29, 1.82) is 0 Å². The molecule has 0 amide bonds. The summed E-state index contributed by atoms with van der Waals surface area (Å²) in [7, 11) is 0.694. The van der Waals surface area contributed by atoms with E-state index in [-0.39, 0.29) is 0 Å². The second-order valence-electron chi connectivity index (χ2n) is 6.27. The monoisotopic (exact) mass is 321 g/mol. The van der Waals surface area contributed by atoms with Gasteiger partial charge in [0.05, 0.1) is 16.6 Å². The number of hydrogen-bond donors (Lipinski definition) is 0. The van der Waals surface area contributed by atoms with Gasteiger partial charge in [-0.1, -0.05) is 19.8 Å². The summed E-state index contributed by atoms with van der Waals surface area (Å²) in [5, 5.41) is 8.98. The summed E-state index contributed by atoms with van der Waals surface area (Å²) in [4.78, 5) is 4.25. The number of rotatable bonds is 4. The van der Waals surface area contributed by atoms with E-state index in [0.29, 0.717) is 22.9 Å². The van der Waals surface area contributed by atoms with Crippen LogP contribution in [0.2, 0.25) is 0 Å². The fourth-order valence-electron chi connectivity index (χ4n) is 3.28. The van der Waals surface area contributed by atoms with Crippen molar-refractivity contribution in [1.82, 2.24) is 24.3 Å². The molecule has 6 nitrogen and oxygen atoms in total. The van der Waals surface area contributed by atoms with E-state index in [4.69, 9.17) is 0 Å². The molecule has 1 aliphatic rings. The van der Waals surface area contributed by atoms with Crippen molar-refractivity contribution in [2.75, 3.05) is 0 Å². The molecule has 3 rings (SSSR count). The van der Waals surface area contributed by atoms with Gasteiger partial charge in [0.2, 0.25) is 5.16 Å². The third kappa shape index (κ3) is 2.99. The van der Waals surface area contributed by atoms with E-state index in [0.717, 1.165) is 24.5 Å². The normalized spacial score (nSPS) is 23.6. The molecule has 22 heavy (non-hydrogen) atoms. The van der Waals surface area contributed by atoms with Gasteiger partial charge in [0.1, 0.15) is 11.6 Å². The molecule has 2 heterocycles. The third-order valence-corrected chi connectivity index (χ3v) is 5.70. The summed E-state index contributed by atoms with van der Waals surface area (Å²) in [5.74, 6) is 2.76. The second kappa shape index (κ2) is 6.32. The van der Waals surface area contributed by atoms with E-state index in [1.165, 1.54) is 12.8 Å². The Labute approximate surface area is 133 Å². The highest BCUT2D eigenvalue weighted by Gasteiger charge is 2.27. The molecule has 0 aliphatic heterocycles. The largest absolute Gasteiger partial charge is 0.337 e. The second-order valence-corrected chi connectivity index (χ2v) is 7.61. The van der Waals surface area contributed by atoms with Crippen LogP contribution in [0.3, 0.4) is 0 Å². The Morgan fingerprint density at radius 2 is 2.18 bits per heavy atom. The lowest BCUT2D eigenvalue weighted by atomic mass is 9.87. The Morgan fingerprint density at radius 3 is 2.86 bits per heavy atom. The van der Waals surface area contributed by atoms with Crippen molar-refractivity contribution in [2.24, 2.45) is 13.0 Å². The average Bonchev–Trinajstić information content (AvgIpc) is 3.05. The van der Waals surface area contributed by atoms with Crippen molar-refractivity contribution in [3.63, 3.8) is 0 Å². The van der Waals surface area contributed by atoms with Crippen molar-refractivity contribution in [2.45, 2.75) is 56.5 Å². The molecular formula is C15H23N5OS. The molecule has 7 heteroatoms. The molecule has 0 saturated heterocycles. The standard InChI is InChI=1S/C15H23N5OS/c1-11-5-4-6-13(9-11)20-12(2)17-18-15(20)22(21)10-14-16-7-8-19(14)3/h7-8,11,13H,4-6,9-10H2,1-3H3/t11-,13+,22-/m0/s1. The van der Waals surface area contributed by atoms with Crippen molar-refractivity contribution in [3.05, 3.63) is 24.0 Å². The Balaban J connectivity index is 1.85. The van der Waals surface area contributed by atoms with Gasteiger partial charge < -0.3 is 9.13 Å². The zero-order valence-electron chi connectivity index (χ0n) is 13.4. The Kier molecular flexibility index (Phi) is 4.42. The molecule has 0 radical (unpaired) electrons. The van der Waals surface area contributed by atoms with Crippen LogP contribution in [0.5, 0.6) is 0 Å². The molecule has 120 valence electrons. The Hall–Kier alpha value is -1.50. The lowest BCUT2D eigenvalue weighted by Crippen LogP contribution is -2.21. The summed E-state index contributed by atoms with van der Waals surface area (Å²) in [6.45, 7) is 4.24. The summed E-state index contributed by atoms with van der Waals surface area (Å²) in [5.41, 5.74) is 0. The first-order valence-electron chi connectivity index (χ1n) is 7.82. The number of aromatic nitrogens is 5. The van der Waals surface area contributed by atoms with Gasteiger partial charge in [0, 0.05) is 25.5 Å². The van der Waals surface area contributed by atoms with Gasteiger partial charge >= 0.3 is 0 Å². The van der Waals surface area contributed by atoms with Crippen LogP contribution < -0.4 is 0 Å². The van der Waals surface area contributed by atoms with Crippen LogP contribution in [-0.2, 0) is 23.6 Å². The quantitative estimate of drug-likeness (QED) is 0.867. The number of imidazole rings is 1. The molecule has 1 aliphatic carbocycles. The minimum atomic E-state index is -1.22. The zero-order chi connectivity index (χ0) is 15.7. The number of aryl methyl sites for hydroxylation is 2. The smallest absolute Gasteiger partial charge is 0.222 e. The Bertz CT molecular complexity index is 677. The first-order valence-corrected chi connectivity index (χ1v) is 9.14. The van der Waals surface area contributed by atoms with Gasteiger partial charge in [-0.05, 0) is 25.7 Å². The maximum absolute atomic E-state index is 12.8. The van der Waals surface area contributed by atoms with Gasteiger partial charge in [-0.3, -0.25) is 4.21 Å². The van der Waals surface area contributed by atoms with Gasteiger partial charge in [-0.2, -0.15) is 0 Å². The first kappa shape index (κ1) is 15.4. The highest BCUT2D eigenvalue weighted by atomic mass is 32.2. The fraction of sp³-hybridized carbons (Fsp3) is 0.667. The molecule has 0 aromatic carbocycles. The minimum Gasteiger partial charge on any atom is -0.337 e. The van der Waals surface area contributed by atoms with Crippen molar-refractivity contribution < 1.29 is 4.21 Å². The maximum Gasteiger partial charge on any atom is 0.222 e. The van der Waals surface area contributed by atoms with Gasteiger partial charge in [0.15, 0.2) is 0 Å². The Morgan fingerprint density at radius 1 is 1.36 bits per heavy atom. The number of nitrogens with zero attached hydrogens (tertiary/aromatic N) is 5. The van der Waals surface area contributed by atoms with Crippen LogP contribution >= 0.6 is 0 Å². The van der Waals surface area contributed by atoms with E-state index < -0.39 is 10.8 Å². The number of hydrogen-bond acceptors (Lipinski definition) is 4. The van der Waals surface area contributed by atoms with Crippen LogP contribution in [0, 0.1) is 12.8 Å². The highest BCUT2D eigenvalue weighted by molar-refractivity contribution is 7.84. The van der Waals surface area contributed by atoms with Gasteiger partial charge in [-0.15, -0.1) is 10.2 Å². The van der Waals surface area contributed by atoms with Gasteiger partial charge in [-0.25, -0.2) is 4.98 Å². The minimum absolute atomic E-state index is 0.374. The zero-order valence-corrected chi connectivity index (χ0v) is 14.2. The predicted octanol–water partition coefficient (Wildman–Crippen LogP) is 2.38. The summed E-state index contributed by atoms with van der Waals surface area (Å²) in [6.07, 6.45) is 8.33. The van der Waals surface area contributed by atoms with Crippen LogP contribution in [0.4, 0.5) is 0 Å². The summed E-state index contributed by atoms with van der Waals surface area (Å²) in [6, 6.07) is 0.374. The van der Waals surface area contributed by atoms with Crippen LogP contribution in [0.1, 0.15) is 50.3 Å². The summed E-state index contributed by atoms with van der Waals surface area (Å²) < 4.78 is 16.8. The van der Waals surface area contributed by atoms with Crippen LogP contribution in [0.15, 0.2) is 17.6 Å². The molecule has 2 aromatic rings. The SMILES string of the molecule is Cc1nnc([S@@](=O)Cc2nccn2C)n1[C@@H]1CCC[C@H](C)C1. The highest BCUT2D eigenvalue weighted by Crippen LogP contribution is 2.34. The molecule has 0 N–H and O–H groups in total. The molecule has 0 spiro atoms. The van der Waals surface area contributed by atoms with Crippen molar-refractivity contribution >= 4 is 10.8 Å².